The summed E-state index contributed by atoms with van der Waals surface area (Å²) in [5.74, 6) is -0.220. The summed E-state index contributed by atoms with van der Waals surface area (Å²) in [5, 5.41) is 0. The van der Waals surface area contributed by atoms with E-state index in [0.29, 0.717) is 25.9 Å². The Bertz CT molecular complexity index is 325. The second-order valence-corrected chi connectivity index (χ2v) is 4.37. The number of carbonyl (C=O) groups is 2. The van der Waals surface area contributed by atoms with Gasteiger partial charge in [0.1, 0.15) is 0 Å². The fourth-order valence-corrected chi connectivity index (χ4v) is 1.70. The molecule has 0 atom stereocenters. The zero-order valence-electron chi connectivity index (χ0n) is 11.6. The van der Waals surface area contributed by atoms with E-state index in [4.69, 9.17) is 5.73 Å². The van der Waals surface area contributed by atoms with Gasteiger partial charge in [-0.05, 0) is 19.3 Å². The molecule has 0 aliphatic carbocycles. The second-order valence-electron chi connectivity index (χ2n) is 4.37. The number of hydrogen-bond donors (Lipinski definition) is 1. The van der Waals surface area contributed by atoms with Crippen molar-refractivity contribution in [2.75, 3.05) is 13.1 Å². The van der Waals surface area contributed by atoms with Crippen LogP contribution in [0.1, 0.15) is 51.9 Å². The van der Waals surface area contributed by atoms with E-state index < -0.39 is 6.03 Å². The molecular formula is C13H23N3O3. The Balaban J connectivity index is 3.91. The molecule has 0 aromatic rings. The normalized spacial score (nSPS) is 9.74. The SMILES string of the molecule is CCCCCN(C(N)=O)C(=O)CCCCCN=C=O. The molecule has 0 heterocycles. The largest absolute Gasteiger partial charge is 0.351 e. The molecule has 0 fully saturated rings. The summed E-state index contributed by atoms with van der Waals surface area (Å²) in [6.07, 6.45) is 6.77. The summed E-state index contributed by atoms with van der Waals surface area (Å²) in [7, 11) is 0. The number of carbonyl (C=O) groups excluding carboxylic acids is 3. The molecule has 0 radical (unpaired) electrons. The van der Waals surface area contributed by atoms with Crippen molar-refractivity contribution in [1.29, 1.82) is 0 Å². The summed E-state index contributed by atoms with van der Waals surface area (Å²) < 4.78 is 0. The minimum atomic E-state index is -0.674. The quantitative estimate of drug-likeness (QED) is 0.373. The predicted molar refractivity (Wildman–Crippen MR) is 72.3 cm³/mol. The first-order valence-electron chi connectivity index (χ1n) is 6.76. The minimum Gasteiger partial charge on any atom is -0.351 e. The van der Waals surface area contributed by atoms with E-state index in [2.05, 4.69) is 11.9 Å². The Morgan fingerprint density at radius 1 is 1.16 bits per heavy atom. The number of amides is 3. The molecule has 0 saturated heterocycles. The van der Waals surface area contributed by atoms with Crippen LogP contribution >= 0.6 is 0 Å². The fraction of sp³-hybridized carbons (Fsp3) is 0.769. The van der Waals surface area contributed by atoms with Crippen LogP contribution in [0.15, 0.2) is 4.99 Å². The van der Waals surface area contributed by atoms with Gasteiger partial charge in [-0.3, -0.25) is 9.69 Å². The smallest absolute Gasteiger partial charge is 0.321 e. The van der Waals surface area contributed by atoms with Crippen molar-refractivity contribution in [3.63, 3.8) is 0 Å². The van der Waals surface area contributed by atoms with E-state index in [9.17, 15) is 14.4 Å². The molecular weight excluding hydrogens is 246 g/mol. The fourth-order valence-electron chi connectivity index (χ4n) is 1.70. The lowest BCUT2D eigenvalue weighted by Gasteiger charge is -2.18. The van der Waals surface area contributed by atoms with Gasteiger partial charge >= 0.3 is 6.03 Å². The maximum absolute atomic E-state index is 11.8. The van der Waals surface area contributed by atoms with Crippen LogP contribution in [0.4, 0.5) is 4.79 Å². The second kappa shape index (κ2) is 11.4. The maximum atomic E-state index is 11.8. The van der Waals surface area contributed by atoms with Crippen LogP contribution in [0.5, 0.6) is 0 Å². The van der Waals surface area contributed by atoms with Crippen LogP contribution in [0.25, 0.3) is 0 Å². The Labute approximate surface area is 114 Å². The highest BCUT2D eigenvalue weighted by Gasteiger charge is 2.17. The zero-order valence-corrected chi connectivity index (χ0v) is 11.6. The van der Waals surface area contributed by atoms with Gasteiger partial charge < -0.3 is 5.73 Å². The first-order valence-corrected chi connectivity index (χ1v) is 6.76. The molecule has 0 saturated carbocycles. The van der Waals surface area contributed by atoms with E-state index in [1.165, 1.54) is 6.08 Å². The molecule has 19 heavy (non-hydrogen) atoms. The summed E-state index contributed by atoms with van der Waals surface area (Å²) in [6.45, 7) is 2.89. The van der Waals surface area contributed by atoms with Crippen LogP contribution in [-0.4, -0.2) is 36.0 Å². The van der Waals surface area contributed by atoms with Crippen LogP contribution in [0.3, 0.4) is 0 Å². The number of primary amides is 1. The molecule has 0 spiro atoms. The average Bonchev–Trinajstić information content (AvgIpc) is 2.38. The molecule has 0 aliphatic rings. The van der Waals surface area contributed by atoms with Crippen molar-refractivity contribution in [1.82, 2.24) is 4.90 Å². The lowest BCUT2D eigenvalue weighted by Crippen LogP contribution is -2.41. The third-order valence-electron chi connectivity index (χ3n) is 2.78. The Kier molecular flexibility index (Phi) is 10.4. The van der Waals surface area contributed by atoms with Crippen molar-refractivity contribution in [3.8, 4) is 0 Å². The average molecular weight is 269 g/mol. The van der Waals surface area contributed by atoms with E-state index in [1.54, 1.807) is 0 Å². The summed E-state index contributed by atoms with van der Waals surface area (Å²) in [4.78, 5) is 37.4. The number of imide groups is 1. The third-order valence-corrected chi connectivity index (χ3v) is 2.78. The zero-order chi connectivity index (χ0) is 14.5. The number of aliphatic imine (C=N–C) groups is 1. The molecule has 2 N–H and O–H groups in total. The highest BCUT2D eigenvalue weighted by Crippen LogP contribution is 2.06. The number of isocyanates is 1. The van der Waals surface area contributed by atoms with Crippen LogP contribution < -0.4 is 5.73 Å². The van der Waals surface area contributed by atoms with Gasteiger partial charge in [-0.25, -0.2) is 14.6 Å². The highest BCUT2D eigenvalue weighted by molar-refractivity contribution is 5.93. The van der Waals surface area contributed by atoms with E-state index in [-0.39, 0.29) is 5.91 Å². The molecule has 0 rings (SSSR count). The van der Waals surface area contributed by atoms with E-state index in [1.807, 2.05) is 0 Å². The van der Waals surface area contributed by atoms with Gasteiger partial charge in [0.05, 0.1) is 6.54 Å². The van der Waals surface area contributed by atoms with Crippen molar-refractivity contribution in [2.45, 2.75) is 51.9 Å². The molecule has 0 bridgehead atoms. The van der Waals surface area contributed by atoms with Gasteiger partial charge in [0.25, 0.3) is 0 Å². The molecule has 0 unspecified atom stereocenters. The number of rotatable bonds is 10. The molecule has 0 aliphatic heterocycles. The minimum absolute atomic E-state index is 0.220. The van der Waals surface area contributed by atoms with E-state index in [0.717, 1.165) is 37.0 Å². The number of nitrogens with zero attached hydrogens (tertiary/aromatic N) is 2. The number of hydrogen-bond acceptors (Lipinski definition) is 4. The highest BCUT2D eigenvalue weighted by atomic mass is 16.2. The standard InChI is InChI=1S/C13H23N3O3/c1-2-3-7-10-16(13(14)19)12(18)8-5-4-6-9-15-11-17/h2-10H2,1H3,(H2,14,19). The van der Waals surface area contributed by atoms with Crippen LogP contribution in [0, 0.1) is 0 Å². The lowest BCUT2D eigenvalue weighted by atomic mass is 10.1. The number of urea groups is 1. The predicted octanol–water partition coefficient (Wildman–Crippen LogP) is 1.98. The Morgan fingerprint density at radius 2 is 1.89 bits per heavy atom. The van der Waals surface area contributed by atoms with E-state index >= 15 is 0 Å². The molecule has 3 amide bonds. The Hall–Kier alpha value is -1.68. The molecule has 0 aromatic carbocycles. The summed E-state index contributed by atoms with van der Waals surface area (Å²) in [5.41, 5.74) is 5.20. The summed E-state index contributed by atoms with van der Waals surface area (Å²) >= 11 is 0. The van der Waals surface area contributed by atoms with Crippen molar-refractivity contribution < 1.29 is 14.4 Å². The lowest BCUT2D eigenvalue weighted by molar-refractivity contribution is -0.128. The Morgan fingerprint density at radius 3 is 2.47 bits per heavy atom. The molecule has 6 nitrogen and oxygen atoms in total. The van der Waals surface area contributed by atoms with Gasteiger partial charge in [-0.2, -0.15) is 0 Å². The van der Waals surface area contributed by atoms with Gasteiger partial charge in [0.15, 0.2) is 0 Å². The van der Waals surface area contributed by atoms with Gasteiger partial charge in [-0.15, -0.1) is 0 Å². The number of nitrogens with two attached hydrogens (primary N) is 1. The maximum Gasteiger partial charge on any atom is 0.321 e. The molecule has 108 valence electrons. The van der Waals surface area contributed by atoms with Crippen molar-refractivity contribution in [2.24, 2.45) is 10.7 Å². The monoisotopic (exact) mass is 269 g/mol. The summed E-state index contributed by atoms with van der Waals surface area (Å²) in [6, 6.07) is -0.674. The van der Waals surface area contributed by atoms with Gasteiger partial charge in [0, 0.05) is 13.0 Å². The molecule has 0 aromatic heterocycles. The molecule has 6 heteroatoms. The first-order chi connectivity index (χ1) is 9.13. The van der Waals surface area contributed by atoms with Crippen molar-refractivity contribution >= 4 is 18.0 Å². The van der Waals surface area contributed by atoms with Crippen molar-refractivity contribution in [3.05, 3.63) is 0 Å². The van der Waals surface area contributed by atoms with Crippen LogP contribution in [0.2, 0.25) is 0 Å². The topological polar surface area (TPSA) is 92.8 Å². The third kappa shape index (κ3) is 8.97. The van der Waals surface area contributed by atoms with Crippen LogP contribution in [-0.2, 0) is 9.59 Å². The number of unbranched alkanes of at least 4 members (excludes halogenated alkanes) is 4. The first kappa shape index (κ1) is 17.3. The van der Waals surface area contributed by atoms with Gasteiger partial charge in [-0.1, -0.05) is 26.2 Å². The van der Waals surface area contributed by atoms with Gasteiger partial charge in [0.2, 0.25) is 12.0 Å².